The lowest BCUT2D eigenvalue weighted by Crippen LogP contribution is -2.26. The average Bonchev–Trinajstić information content (AvgIpc) is 3.11. The van der Waals surface area contributed by atoms with Crippen molar-refractivity contribution in [1.82, 2.24) is 14.7 Å². The van der Waals surface area contributed by atoms with Crippen LogP contribution in [0.25, 0.3) is 5.69 Å². The standard InChI is InChI=1S/C22H23N3O4/c1-4-29-22(28)19-13-23-25(15(19)2)18-11-9-16(10-12-18)21(27)24(3)14-17-7-5-6-8-20(17)26/h5-13,26H,4,14H2,1-3H3. The molecule has 3 rings (SSSR count). The van der Waals surface area contributed by atoms with E-state index in [4.69, 9.17) is 4.74 Å². The van der Waals surface area contributed by atoms with E-state index in [-0.39, 0.29) is 11.7 Å². The summed E-state index contributed by atoms with van der Waals surface area (Å²) in [6.07, 6.45) is 1.48. The molecule has 29 heavy (non-hydrogen) atoms. The summed E-state index contributed by atoms with van der Waals surface area (Å²) in [5.74, 6) is -0.410. The summed E-state index contributed by atoms with van der Waals surface area (Å²) in [6.45, 7) is 4.14. The first-order valence-electron chi connectivity index (χ1n) is 9.27. The van der Waals surface area contributed by atoms with Gasteiger partial charge in [-0.3, -0.25) is 4.79 Å². The van der Waals surface area contributed by atoms with Gasteiger partial charge in [0.2, 0.25) is 0 Å². The van der Waals surface area contributed by atoms with Crippen LogP contribution in [0.5, 0.6) is 5.75 Å². The van der Waals surface area contributed by atoms with Gasteiger partial charge < -0.3 is 14.7 Å². The molecule has 0 radical (unpaired) electrons. The number of benzene rings is 2. The third-order valence-corrected chi connectivity index (χ3v) is 4.61. The molecule has 0 bridgehead atoms. The van der Waals surface area contributed by atoms with Gasteiger partial charge in [0.05, 0.1) is 24.2 Å². The molecule has 7 heteroatoms. The lowest BCUT2D eigenvalue weighted by atomic mass is 10.1. The third-order valence-electron chi connectivity index (χ3n) is 4.61. The first-order chi connectivity index (χ1) is 13.9. The fourth-order valence-electron chi connectivity index (χ4n) is 3.02. The highest BCUT2D eigenvalue weighted by atomic mass is 16.5. The lowest BCUT2D eigenvalue weighted by Gasteiger charge is -2.18. The minimum atomic E-state index is -0.408. The highest BCUT2D eigenvalue weighted by Gasteiger charge is 2.17. The number of aromatic nitrogens is 2. The molecule has 0 aliphatic rings. The third kappa shape index (κ3) is 4.29. The van der Waals surface area contributed by atoms with Crippen molar-refractivity contribution in [3.8, 4) is 11.4 Å². The maximum Gasteiger partial charge on any atom is 0.341 e. The largest absolute Gasteiger partial charge is 0.508 e. The molecule has 1 heterocycles. The Morgan fingerprint density at radius 3 is 2.48 bits per heavy atom. The number of phenolic OH excluding ortho intramolecular Hbond substituents is 1. The molecule has 0 unspecified atom stereocenters. The monoisotopic (exact) mass is 393 g/mol. The first kappa shape index (κ1) is 20.1. The van der Waals surface area contributed by atoms with Crippen molar-refractivity contribution >= 4 is 11.9 Å². The smallest absolute Gasteiger partial charge is 0.341 e. The van der Waals surface area contributed by atoms with Crippen molar-refractivity contribution in [2.24, 2.45) is 0 Å². The summed E-state index contributed by atoms with van der Waals surface area (Å²) in [5, 5.41) is 14.2. The number of esters is 1. The molecule has 1 amide bonds. The highest BCUT2D eigenvalue weighted by Crippen LogP contribution is 2.19. The Morgan fingerprint density at radius 2 is 1.83 bits per heavy atom. The normalized spacial score (nSPS) is 10.6. The molecule has 0 aliphatic carbocycles. The number of carbonyl (C=O) groups is 2. The number of aromatic hydroxyl groups is 1. The van der Waals surface area contributed by atoms with Gasteiger partial charge in [-0.15, -0.1) is 0 Å². The van der Waals surface area contributed by atoms with Gasteiger partial charge in [-0.2, -0.15) is 5.10 Å². The number of rotatable bonds is 6. The van der Waals surface area contributed by atoms with Crippen molar-refractivity contribution in [2.75, 3.05) is 13.7 Å². The van der Waals surface area contributed by atoms with Gasteiger partial charge >= 0.3 is 5.97 Å². The lowest BCUT2D eigenvalue weighted by molar-refractivity contribution is 0.0525. The van der Waals surface area contributed by atoms with Gasteiger partial charge in [-0.1, -0.05) is 18.2 Å². The van der Waals surface area contributed by atoms with Crippen LogP contribution in [0.4, 0.5) is 0 Å². The second-order valence-corrected chi connectivity index (χ2v) is 6.61. The van der Waals surface area contributed by atoms with Crippen LogP contribution < -0.4 is 0 Å². The molecular formula is C22H23N3O4. The van der Waals surface area contributed by atoms with Crippen LogP contribution in [0, 0.1) is 6.92 Å². The van der Waals surface area contributed by atoms with Crippen LogP contribution in [-0.4, -0.2) is 45.3 Å². The number of phenols is 1. The second kappa shape index (κ2) is 8.60. The van der Waals surface area contributed by atoms with Gasteiger partial charge in [0.25, 0.3) is 5.91 Å². The summed E-state index contributed by atoms with van der Waals surface area (Å²) < 4.78 is 6.66. The summed E-state index contributed by atoms with van der Waals surface area (Å²) in [5.41, 5.74) is 3.01. The number of carbonyl (C=O) groups excluding carboxylic acids is 2. The molecule has 3 aromatic rings. The molecule has 0 aliphatic heterocycles. The van der Waals surface area contributed by atoms with Gasteiger partial charge in [-0.05, 0) is 44.2 Å². The SMILES string of the molecule is CCOC(=O)c1cnn(-c2ccc(C(=O)N(C)Cc3ccccc3O)cc2)c1C. The molecule has 0 atom stereocenters. The van der Waals surface area contributed by atoms with E-state index >= 15 is 0 Å². The van der Waals surface area contributed by atoms with Crippen LogP contribution in [0.1, 0.15) is 38.9 Å². The minimum Gasteiger partial charge on any atom is -0.508 e. The summed E-state index contributed by atoms with van der Waals surface area (Å²) in [6, 6.07) is 13.9. The van der Waals surface area contributed by atoms with Gasteiger partial charge in [0.1, 0.15) is 11.3 Å². The van der Waals surface area contributed by atoms with Gasteiger partial charge in [-0.25, -0.2) is 9.48 Å². The predicted molar refractivity (Wildman–Crippen MR) is 108 cm³/mol. The van der Waals surface area contributed by atoms with Crippen LogP contribution >= 0.6 is 0 Å². The number of hydrogen-bond donors (Lipinski definition) is 1. The van der Waals surface area contributed by atoms with Crippen molar-refractivity contribution in [3.63, 3.8) is 0 Å². The van der Waals surface area contributed by atoms with Crippen molar-refractivity contribution in [1.29, 1.82) is 0 Å². The molecule has 0 saturated heterocycles. The molecule has 1 aromatic heterocycles. The zero-order chi connectivity index (χ0) is 21.0. The molecule has 0 saturated carbocycles. The van der Waals surface area contributed by atoms with E-state index in [1.807, 2.05) is 6.07 Å². The second-order valence-electron chi connectivity index (χ2n) is 6.61. The topological polar surface area (TPSA) is 84.7 Å². The molecule has 2 aromatic carbocycles. The maximum atomic E-state index is 12.7. The molecule has 150 valence electrons. The molecular weight excluding hydrogens is 370 g/mol. The van der Waals surface area contributed by atoms with Gasteiger partial charge in [0, 0.05) is 24.7 Å². The van der Waals surface area contributed by atoms with E-state index < -0.39 is 5.97 Å². The zero-order valence-corrected chi connectivity index (χ0v) is 16.6. The van der Waals surface area contributed by atoms with Crippen molar-refractivity contribution in [3.05, 3.63) is 77.1 Å². The number of ether oxygens (including phenoxy) is 1. The number of nitrogens with zero attached hydrogens (tertiary/aromatic N) is 3. The number of para-hydroxylation sites is 1. The summed E-state index contributed by atoms with van der Waals surface area (Å²) in [4.78, 5) is 26.2. The van der Waals surface area contributed by atoms with E-state index in [0.717, 1.165) is 5.69 Å². The molecule has 7 nitrogen and oxygen atoms in total. The Morgan fingerprint density at radius 1 is 1.14 bits per heavy atom. The average molecular weight is 393 g/mol. The quantitative estimate of drug-likeness (QED) is 0.650. The first-order valence-corrected chi connectivity index (χ1v) is 9.27. The number of hydrogen-bond acceptors (Lipinski definition) is 5. The van der Waals surface area contributed by atoms with Gasteiger partial charge in [0.15, 0.2) is 0 Å². The molecule has 0 fully saturated rings. The maximum absolute atomic E-state index is 12.7. The van der Waals surface area contributed by atoms with Crippen molar-refractivity contribution < 1.29 is 19.4 Å². The van der Waals surface area contributed by atoms with Crippen LogP contribution in [-0.2, 0) is 11.3 Å². The Hall–Kier alpha value is -3.61. The Labute approximate surface area is 169 Å². The fourth-order valence-corrected chi connectivity index (χ4v) is 3.02. The highest BCUT2D eigenvalue weighted by molar-refractivity contribution is 5.94. The zero-order valence-electron chi connectivity index (χ0n) is 16.6. The molecule has 1 N–H and O–H groups in total. The predicted octanol–water partition coefficient (Wildman–Crippen LogP) is 3.34. The van der Waals surface area contributed by atoms with E-state index in [1.54, 1.807) is 72.9 Å². The van der Waals surface area contributed by atoms with E-state index in [2.05, 4.69) is 5.10 Å². The minimum absolute atomic E-state index is 0.161. The summed E-state index contributed by atoms with van der Waals surface area (Å²) >= 11 is 0. The number of amides is 1. The van der Waals surface area contributed by atoms with E-state index in [9.17, 15) is 14.7 Å². The fraction of sp³-hybridized carbons (Fsp3) is 0.227. The van der Waals surface area contributed by atoms with Crippen LogP contribution in [0.2, 0.25) is 0 Å². The Bertz CT molecular complexity index is 1020. The van der Waals surface area contributed by atoms with Crippen LogP contribution in [0.15, 0.2) is 54.7 Å². The molecule has 0 spiro atoms. The van der Waals surface area contributed by atoms with Crippen LogP contribution in [0.3, 0.4) is 0 Å². The Balaban J connectivity index is 1.75. The Kier molecular flexibility index (Phi) is 5.97. The summed E-state index contributed by atoms with van der Waals surface area (Å²) in [7, 11) is 1.69. The van der Waals surface area contributed by atoms with Crippen molar-refractivity contribution in [2.45, 2.75) is 20.4 Å². The van der Waals surface area contributed by atoms with E-state index in [0.29, 0.717) is 35.5 Å². The van der Waals surface area contributed by atoms with E-state index in [1.165, 1.54) is 6.20 Å².